The zero-order valence-corrected chi connectivity index (χ0v) is 15.8. The summed E-state index contributed by atoms with van der Waals surface area (Å²) in [6.45, 7) is 6.17. The Labute approximate surface area is 153 Å². The predicted octanol–water partition coefficient (Wildman–Crippen LogP) is 1.93. The summed E-state index contributed by atoms with van der Waals surface area (Å²) in [7, 11) is 3.92. The average molecular weight is 358 g/mol. The van der Waals surface area contributed by atoms with E-state index in [1.54, 1.807) is 4.68 Å². The zero-order chi connectivity index (χ0) is 18.4. The van der Waals surface area contributed by atoms with E-state index in [0.717, 1.165) is 30.9 Å². The summed E-state index contributed by atoms with van der Waals surface area (Å²) in [5.74, 6) is 2.17. The van der Waals surface area contributed by atoms with E-state index in [9.17, 15) is 4.79 Å². The van der Waals surface area contributed by atoms with E-state index < -0.39 is 0 Å². The van der Waals surface area contributed by atoms with Crippen LogP contribution in [0.1, 0.15) is 72.5 Å². The van der Waals surface area contributed by atoms with Crippen LogP contribution < -0.4 is 0 Å². The van der Waals surface area contributed by atoms with Crippen LogP contribution in [0.2, 0.25) is 0 Å². The van der Waals surface area contributed by atoms with Crippen LogP contribution in [0.15, 0.2) is 10.6 Å². The van der Waals surface area contributed by atoms with E-state index in [2.05, 4.69) is 34.0 Å². The first kappa shape index (κ1) is 17.2. The van der Waals surface area contributed by atoms with E-state index in [1.165, 1.54) is 0 Å². The lowest BCUT2D eigenvalue weighted by atomic mass is 10.1. The Morgan fingerprint density at radius 1 is 1.27 bits per heavy atom. The van der Waals surface area contributed by atoms with Crippen molar-refractivity contribution in [2.75, 3.05) is 26.7 Å². The molecule has 1 atom stereocenters. The minimum absolute atomic E-state index is 0.0347. The zero-order valence-electron chi connectivity index (χ0n) is 15.8. The van der Waals surface area contributed by atoms with Crippen molar-refractivity contribution in [2.24, 2.45) is 7.05 Å². The molecule has 0 unspecified atom stereocenters. The molecular formula is C18H26N6O2. The predicted molar refractivity (Wildman–Crippen MR) is 94.8 cm³/mol. The van der Waals surface area contributed by atoms with Crippen LogP contribution >= 0.6 is 0 Å². The summed E-state index contributed by atoms with van der Waals surface area (Å²) in [4.78, 5) is 21.6. The summed E-state index contributed by atoms with van der Waals surface area (Å²) >= 11 is 0. The molecule has 0 spiro atoms. The van der Waals surface area contributed by atoms with Gasteiger partial charge in [-0.15, -0.1) is 0 Å². The number of piperazine rings is 1. The van der Waals surface area contributed by atoms with E-state index in [0.29, 0.717) is 36.5 Å². The van der Waals surface area contributed by atoms with Gasteiger partial charge in [-0.05, 0) is 31.9 Å². The molecule has 0 bridgehead atoms. The quantitative estimate of drug-likeness (QED) is 0.831. The number of likely N-dealkylation sites (N-methyl/N-ethyl adjacent to an activating group) is 1. The number of aromatic nitrogens is 4. The number of carbonyl (C=O) groups excluding carboxylic acids is 1. The van der Waals surface area contributed by atoms with Crippen molar-refractivity contribution in [1.82, 2.24) is 29.7 Å². The molecule has 8 nitrogen and oxygen atoms in total. The van der Waals surface area contributed by atoms with Crippen molar-refractivity contribution in [3.63, 3.8) is 0 Å². The van der Waals surface area contributed by atoms with Gasteiger partial charge in [-0.3, -0.25) is 14.4 Å². The van der Waals surface area contributed by atoms with Crippen LogP contribution in [0.25, 0.3) is 0 Å². The molecule has 1 aliphatic heterocycles. The number of hydrogen-bond donors (Lipinski definition) is 0. The molecule has 8 heteroatoms. The van der Waals surface area contributed by atoms with Gasteiger partial charge >= 0.3 is 0 Å². The summed E-state index contributed by atoms with van der Waals surface area (Å²) in [5, 5.41) is 8.54. The molecule has 0 N–H and O–H groups in total. The van der Waals surface area contributed by atoms with Gasteiger partial charge in [0.05, 0.1) is 0 Å². The smallest absolute Gasteiger partial charge is 0.274 e. The van der Waals surface area contributed by atoms with Gasteiger partial charge in [0.25, 0.3) is 5.91 Å². The summed E-state index contributed by atoms with van der Waals surface area (Å²) < 4.78 is 7.30. The highest BCUT2D eigenvalue weighted by Gasteiger charge is 2.35. The van der Waals surface area contributed by atoms with Gasteiger partial charge < -0.3 is 9.42 Å². The van der Waals surface area contributed by atoms with Gasteiger partial charge in [-0.25, -0.2) is 0 Å². The summed E-state index contributed by atoms with van der Waals surface area (Å²) in [6, 6.07) is 1.83. The molecule has 0 radical (unpaired) electrons. The van der Waals surface area contributed by atoms with Crippen molar-refractivity contribution in [2.45, 2.75) is 44.6 Å². The SMILES string of the molecule is CC(C)c1cc(C(=O)N2CCN(C)[C@@H](c3nc(C4CC4)no3)C2)nn1C. The second-order valence-corrected chi connectivity index (χ2v) is 7.75. The number of carbonyl (C=O) groups is 1. The third kappa shape index (κ3) is 3.13. The Bertz CT molecular complexity index is 806. The van der Waals surface area contributed by atoms with Gasteiger partial charge in [0.2, 0.25) is 5.89 Å². The minimum atomic E-state index is -0.0685. The van der Waals surface area contributed by atoms with E-state index >= 15 is 0 Å². The summed E-state index contributed by atoms with van der Waals surface area (Å²) in [6.07, 6.45) is 2.28. The molecule has 26 heavy (non-hydrogen) atoms. The first-order chi connectivity index (χ1) is 12.4. The Kier molecular flexibility index (Phi) is 4.30. The van der Waals surface area contributed by atoms with Crippen molar-refractivity contribution >= 4 is 5.91 Å². The first-order valence-corrected chi connectivity index (χ1v) is 9.31. The molecule has 1 saturated heterocycles. The van der Waals surface area contributed by atoms with Gasteiger partial charge in [-0.2, -0.15) is 10.1 Å². The molecule has 2 aromatic heterocycles. The van der Waals surface area contributed by atoms with Gasteiger partial charge in [0.15, 0.2) is 11.5 Å². The largest absolute Gasteiger partial charge is 0.338 e. The molecular weight excluding hydrogens is 332 g/mol. The number of aryl methyl sites for hydroxylation is 1. The van der Waals surface area contributed by atoms with Crippen LogP contribution in [-0.2, 0) is 7.05 Å². The number of amides is 1. The third-order valence-electron chi connectivity index (χ3n) is 5.35. The van der Waals surface area contributed by atoms with Crippen LogP contribution in [0.3, 0.4) is 0 Å². The van der Waals surface area contributed by atoms with Crippen molar-refractivity contribution in [3.05, 3.63) is 29.2 Å². The lowest BCUT2D eigenvalue weighted by molar-refractivity contribution is 0.0483. The lowest BCUT2D eigenvalue weighted by Crippen LogP contribution is -2.49. The molecule has 2 aromatic rings. The van der Waals surface area contributed by atoms with Gasteiger partial charge in [0, 0.05) is 38.3 Å². The Balaban J connectivity index is 1.51. The highest BCUT2D eigenvalue weighted by atomic mass is 16.5. The molecule has 1 aliphatic carbocycles. The highest BCUT2D eigenvalue weighted by molar-refractivity contribution is 5.92. The Morgan fingerprint density at radius 2 is 2.04 bits per heavy atom. The van der Waals surface area contributed by atoms with Crippen LogP contribution in [0, 0.1) is 0 Å². The number of nitrogens with zero attached hydrogens (tertiary/aromatic N) is 6. The fraction of sp³-hybridized carbons (Fsp3) is 0.667. The Morgan fingerprint density at radius 3 is 2.69 bits per heavy atom. The fourth-order valence-corrected chi connectivity index (χ4v) is 3.50. The maximum absolute atomic E-state index is 13.0. The van der Waals surface area contributed by atoms with E-state index in [-0.39, 0.29) is 11.9 Å². The molecule has 1 saturated carbocycles. The van der Waals surface area contributed by atoms with E-state index in [4.69, 9.17) is 4.52 Å². The van der Waals surface area contributed by atoms with Crippen LogP contribution in [0.5, 0.6) is 0 Å². The third-order valence-corrected chi connectivity index (χ3v) is 5.35. The minimum Gasteiger partial charge on any atom is -0.338 e. The molecule has 4 rings (SSSR count). The van der Waals surface area contributed by atoms with Crippen molar-refractivity contribution < 1.29 is 9.32 Å². The second-order valence-electron chi connectivity index (χ2n) is 7.75. The maximum atomic E-state index is 13.0. The van der Waals surface area contributed by atoms with Crippen LogP contribution in [0.4, 0.5) is 0 Å². The molecule has 2 aliphatic rings. The maximum Gasteiger partial charge on any atom is 0.274 e. The molecule has 3 heterocycles. The average Bonchev–Trinajstić information content (AvgIpc) is 3.21. The second kappa shape index (κ2) is 6.50. The normalized spacial score (nSPS) is 21.6. The van der Waals surface area contributed by atoms with Gasteiger partial charge in [-0.1, -0.05) is 19.0 Å². The standard InChI is InChI=1S/C18H26N6O2/c1-11(2)14-9-13(20-23(14)4)18(25)24-8-7-22(3)15(10-24)17-19-16(21-26-17)12-5-6-12/h9,11-12,15H,5-8,10H2,1-4H3/t15-/m1/s1. The monoisotopic (exact) mass is 358 g/mol. The van der Waals surface area contributed by atoms with Crippen molar-refractivity contribution in [1.29, 1.82) is 0 Å². The molecule has 2 fully saturated rings. The fourth-order valence-electron chi connectivity index (χ4n) is 3.50. The Hall–Kier alpha value is -2.22. The van der Waals surface area contributed by atoms with Gasteiger partial charge in [0.1, 0.15) is 6.04 Å². The highest BCUT2D eigenvalue weighted by Crippen LogP contribution is 2.38. The molecule has 140 valence electrons. The topological polar surface area (TPSA) is 80.3 Å². The van der Waals surface area contributed by atoms with Crippen molar-refractivity contribution in [3.8, 4) is 0 Å². The lowest BCUT2D eigenvalue weighted by Gasteiger charge is -2.37. The number of rotatable bonds is 4. The van der Waals surface area contributed by atoms with E-state index in [1.807, 2.05) is 25.1 Å². The number of hydrogen-bond acceptors (Lipinski definition) is 6. The summed E-state index contributed by atoms with van der Waals surface area (Å²) in [5.41, 5.74) is 1.56. The van der Waals surface area contributed by atoms with Crippen LogP contribution in [-0.4, -0.2) is 62.3 Å². The molecule has 1 amide bonds. The first-order valence-electron chi connectivity index (χ1n) is 9.31. The molecule has 0 aromatic carbocycles.